The van der Waals surface area contributed by atoms with Crippen LogP contribution >= 0.6 is 0 Å². The molecule has 0 aliphatic heterocycles. The van der Waals surface area contributed by atoms with Crippen molar-refractivity contribution in [1.29, 1.82) is 0 Å². The number of fused-ring (bicyclic) bond motifs is 1. The van der Waals surface area contributed by atoms with Crippen LogP contribution in [0.15, 0.2) is 85.3 Å². The molecule has 3 aromatic carbocycles. The van der Waals surface area contributed by atoms with Crippen LogP contribution in [0.25, 0.3) is 10.8 Å². The topological polar surface area (TPSA) is 21.3 Å². The number of hydrogen-bond acceptors (Lipinski definition) is 2. The summed E-state index contributed by atoms with van der Waals surface area (Å²) in [4.78, 5) is 0. The minimum absolute atomic E-state index is 0.259. The third-order valence-corrected chi connectivity index (χ3v) is 4.02. The van der Waals surface area contributed by atoms with E-state index in [1.54, 1.807) is 0 Å². The average molecular weight is 317 g/mol. The van der Waals surface area contributed by atoms with Gasteiger partial charge in [-0.2, -0.15) is 0 Å². The molecule has 2 nitrogen and oxygen atoms in total. The van der Waals surface area contributed by atoms with E-state index < -0.39 is 0 Å². The molecule has 0 spiro atoms. The van der Waals surface area contributed by atoms with Crippen LogP contribution in [0.3, 0.4) is 0 Å². The van der Waals surface area contributed by atoms with E-state index in [9.17, 15) is 0 Å². The number of benzene rings is 3. The molecule has 1 N–H and O–H groups in total. The van der Waals surface area contributed by atoms with E-state index in [0.717, 1.165) is 12.0 Å². The van der Waals surface area contributed by atoms with Crippen LogP contribution in [0.2, 0.25) is 0 Å². The second-order valence-electron chi connectivity index (χ2n) is 6.13. The first-order chi connectivity index (χ1) is 11.7. The molecule has 0 aromatic heterocycles. The van der Waals surface area contributed by atoms with E-state index in [1.165, 1.54) is 16.3 Å². The molecule has 0 radical (unpaired) electrons. The molecule has 2 heteroatoms. The molecule has 1 atom stereocenters. The van der Waals surface area contributed by atoms with E-state index in [-0.39, 0.29) is 6.04 Å². The Kier molecular flexibility index (Phi) is 5.17. The van der Waals surface area contributed by atoms with Gasteiger partial charge in [0.05, 0.1) is 0 Å². The quantitative estimate of drug-likeness (QED) is 0.616. The van der Waals surface area contributed by atoms with E-state index in [4.69, 9.17) is 4.74 Å². The largest absolute Gasteiger partial charge is 0.475 e. The van der Waals surface area contributed by atoms with Crippen LogP contribution in [-0.4, -0.2) is 6.04 Å². The average Bonchev–Trinajstić information content (AvgIpc) is 2.60. The summed E-state index contributed by atoms with van der Waals surface area (Å²) >= 11 is 0. The highest BCUT2D eigenvalue weighted by atomic mass is 16.5. The predicted molar refractivity (Wildman–Crippen MR) is 101 cm³/mol. The Bertz CT molecular complexity index is 810. The first-order valence-corrected chi connectivity index (χ1v) is 8.30. The highest BCUT2D eigenvalue weighted by molar-refractivity contribution is 5.82. The van der Waals surface area contributed by atoms with Crippen molar-refractivity contribution in [1.82, 2.24) is 5.32 Å². The summed E-state index contributed by atoms with van der Waals surface area (Å²) in [6.45, 7) is 6.65. The summed E-state index contributed by atoms with van der Waals surface area (Å²) in [7, 11) is 0. The smallest absolute Gasteiger partial charge is 0.179 e. The van der Waals surface area contributed by atoms with Crippen molar-refractivity contribution in [3.8, 4) is 0 Å². The fraction of sp³-hybridized carbons (Fsp3) is 0.182. The van der Waals surface area contributed by atoms with Gasteiger partial charge in [0.1, 0.15) is 6.61 Å². The summed E-state index contributed by atoms with van der Waals surface area (Å²) < 4.78 is 5.70. The van der Waals surface area contributed by atoms with Crippen molar-refractivity contribution in [2.45, 2.75) is 26.0 Å². The number of hydrogen-bond donors (Lipinski definition) is 1. The minimum Gasteiger partial charge on any atom is -0.475 e. The number of rotatable bonds is 7. The first-order valence-electron chi connectivity index (χ1n) is 8.30. The predicted octanol–water partition coefficient (Wildman–Crippen LogP) is 5.05. The van der Waals surface area contributed by atoms with Crippen LogP contribution in [0.5, 0.6) is 0 Å². The molecule has 3 aromatic rings. The standard InChI is InChI=1S/C22H23NO/c1-17(23-18(2)24-16-19-8-4-3-5-9-19)14-20-12-13-21-10-6-7-11-22(21)15-20/h3-13,15,17,23H,2,14,16H2,1H3. The van der Waals surface area contributed by atoms with Crippen molar-refractivity contribution in [2.75, 3.05) is 0 Å². The van der Waals surface area contributed by atoms with Crippen molar-refractivity contribution in [3.63, 3.8) is 0 Å². The van der Waals surface area contributed by atoms with Crippen molar-refractivity contribution >= 4 is 10.8 Å². The van der Waals surface area contributed by atoms with Gasteiger partial charge >= 0.3 is 0 Å². The Hall–Kier alpha value is -2.74. The summed E-state index contributed by atoms with van der Waals surface area (Å²) in [5, 5.41) is 5.88. The fourth-order valence-electron chi connectivity index (χ4n) is 2.83. The molecule has 0 saturated heterocycles. The molecule has 0 amide bonds. The highest BCUT2D eigenvalue weighted by Gasteiger charge is 2.06. The lowest BCUT2D eigenvalue weighted by Crippen LogP contribution is -2.28. The molecule has 3 rings (SSSR count). The normalized spacial score (nSPS) is 11.9. The lowest BCUT2D eigenvalue weighted by atomic mass is 10.0. The Morgan fingerprint density at radius 3 is 2.42 bits per heavy atom. The van der Waals surface area contributed by atoms with Gasteiger partial charge in [-0.1, -0.05) is 72.8 Å². The van der Waals surface area contributed by atoms with Crippen molar-refractivity contribution in [2.24, 2.45) is 0 Å². The van der Waals surface area contributed by atoms with Gasteiger partial charge in [-0.15, -0.1) is 0 Å². The molecule has 0 heterocycles. The van der Waals surface area contributed by atoms with Crippen LogP contribution < -0.4 is 5.32 Å². The van der Waals surface area contributed by atoms with Gasteiger partial charge in [-0.25, -0.2) is 0 Å². The first kappa shape index (κ1) is 16.1. The third kappa shape index (κ3) is 4.39. The molecule has 0 fully saturated rings. The second-order valence-corrected chi connectivity index (χ2v) is 6.13. The maximum atomic E-state index is 5.70. The Morgan fingerprint density at radius 1 is 0.917 bits per heavy atom. The van der Waals surface area contributed by atoms with Gasteiger partial charge in [0.15, 0.2) is 5.88 Å². The summed E-state index contributed by atoms with van der Waals surface area (Å²) in [6.07, 6.45) is 0.929. The zero-order valence-corrected chi connectivity index (χ0v) is 14.0. The molecule has 0 aliphatic rings. The highest BCUT2D eigenvalue weighted by Crippen LogP contribution is 2.17. The van der Waals surface area contributed by atoms with E-state index in [1.807, 2.05) is 30.3 Å². The van der Waals surface area contributed by atoms with Crippen LogP contribution in [0.4, 0.5) is 0 Å². The second kappa shape index (κ2) is 7.69. The lowest BCUT2D eigenvalue weighted by Gasteiger charge is -2.18. The van der Waals surface area contributed by atoms with Crippen LogP contribution in [-0.2, 0) is 17.8 Å². The molecule has 1 unspecified atom stereocenters. The van der Waals surface area contributed by atoms with Crippen molar-refractivity contribution in [3.05, 3.63) is 96.4 Å². The molecular weight excluding hydrogens is 294 g/mol. The maximum absolute atomic E-state index is 5.70. The lowest BCUT2D eigenvalue weighted by molar-refractivity contribution is 0.173. The Balaban J connectivity index is 1.52. The zero-order chi connectivity index (χ0) is 16.8. The monoisotopic (exact) mass is 317 g/mol. The van der Waals surface area contributed by atoms with Gasteiger partial charge in [0, 0.05) is 6.04 Å². The third-order valence-electron chi connectivity index (χ3n) is 4.02. The van der Waals surface area contributed by atoms with Crippen LogP contribution in [0, 0.1) is 0 Å². The molecule has 0 bridgehead atoms. The summed E-state index contributed by atoms with van der Waals surface area (Å²) in [5.74, 6) is 0.618. The van der Waals surface area contributed by atoms with E-state index in [0.29, 0.717) is 12.5 Å². The number of nitrogens with one attached hydrogen (secondary N) is 1. The SMILES string of the molecule is C=C(NC(C)Cc1ccc2ccccc2c1)OCc1ccccc1. The Morgan fingerprint density at radius 2 is 1.62 bits per heavy atom. The van der Waals surface area contributed by atoms with Gasteiger partial charge in [0.25, 0.3) is 0 Å². The number of ether oxygens (including phenoxy) is 1. The van der Waals surface area contributed by atoms with Crippen molar-refractivity contribution < 1.29 is 4.74 Å². The molecule has 24 heavy (non-hydrogen) atoms. The molecule has 0 aliphatic carbocycles. The van der Waals surface area contributed by atoms with Gasteiger partial charge in [0.2, 0.25) is 0 Å². The molecule has 122 valence electrons. The summed E-state index contributed by atoms with van der Waals surface area (Å²) in [6, 6.07) is 25.4. The van der Waals surface area contributed by atoms with Crippen LogP contribution in [0.1, 0.15) is 18.1 Å². The van der Waals surface area contributed by atoms with E-state index in [2.05, 4.69) is 61.3 Å². The van der Waals surface area contributed by atoms with Gasteiger partial charge in [-0.3, -0.25) is 0 Å². The maximum Gasteiger partial charge on any atom is 0.179 e. The fourth-order valence-corrected chi connectivity index (χ4v) is 2.83. The Labute approximate surface area is 143 Å². The van der Waals surface area contributed by atoms with Gasteiger partial charge in [-0.05, 0) is 41.8 Å². The van der Waals surface area contributed by atoms with Gasteiger partial charge < -0.3 is 10.1 Å². The molecule has 0 saturated carbocycles. The minimum atomic E-state index is 0.259. The summed E-state index contributed by atoms with van der Waals surface area (Å²) in [5.41, 5.74) is 2.45. The van der Waals surface area contributed by atoms with E-state index >= 15 is 0 Å². The molecular formula is C22H23NO. The zero-order valence-electron chi connectivity index (χ0n) is 14.0.